The van der Waals surface area contributed by atoms with Gasteiger partial charge in [-0.2, -0.15) is 0 Å². The third kappa shape index (κ3) is 14.7. The molecule has 0 aliphatic heterocycles. The Bertz CT molecular complexity index is 97.8. The molecule has 92 valence electrons. The van der Waals surface area contributed by atoms with Crippen molar-refractivity contribution >= 4 is 21.6 Å². The molecular formula is C12H26OS2. The molecule has 0 bridgehead atoms. The summed E-state index contributed by atoms with van der Waals surface area (Å²) < 4.78 is 5.29. The van der Waals surface area contributed by atoms with E-state index in [9.17, 15) is 0 Å². The lowest BCUT2D eigenvalue weighted by Crippen LogP contribution is -1.93. The molecule has 0 unspecified atom stereocenters. The van der Waals surface area contributed by atoms with Gasteiger partial charge in [-0.25, -0.2) is 0 Å². The average molecular weight is 250 g/mol. The van der Waals surface area contributed by atoms with E-state index >= 15 is 0 Å². The molecule has 0 rings (SSSR count). The minimum absolute atomic E-state index is 0.860. The molecule has 0 N–H and O–H groups in total. The zero-order valence-corrected chi connectivity index (χ0v) is 11.9. The Morgan fingerprint density at radius 1 is 0.800 bits per heavy atom. The molecule has 0 aliphatic rings. The zero-order valence-electron chi connectivity index (χ0n) is 10.3. The van der Waals surface area contributed by atoms with Crippen molar-refractivity contribution < 1.29 is 4.74 Å². The van der Waals surface area contributed by atoms with E-state index in [0.717, 1.165) is 13.2 Å². The molecule has 0 spiro atoms. The molecule has 0 amide bonds. The summed E-state index contributed by atoms with van der Waals surface area (Å²) in [6.45, 7) is 6.12. The SMILES string of the molecule is CCCCCCSSCCCCOCC. The van der Waals surface area contributed by atoms with Crippen molar-refractivity contribution in [2.45, 2.75) is 52.4 Å². The van der Waals surface area contributed by atoms with Gasteiger partial charge in [-0.1, -0.05) is 47.8 Å². The van der Waals surface area contributed by atoms with Crippen LogP contribution in [0.1, 0.15) is 52.4 Å². The fraction of sp³-hybridized carbons (Fsp3) is 1.00. The number of hydrogen-bond acceptors (Lipinski definition) is 3. The summed E-state index contributed by atoms with van der Waals surface area (Å²) in [4.78, 5) is 0. The van der Waals surface area contributed by atoms with E-state index in [4.69, 9.17) is 4.74 Å². The third-order valence-electron chi connectivity index (χ3n) is 2.14. The van der Waals surface area contributed by atoms with Crippen molar-refractivity contribution in [3.05, 3.63) is 0 Å². The molecule has 0 aromatic rings. The van der Waals surface area contributed by atoms with Crippen LogP contribution in [0.5, 0.6) is 0 Å². The largest absolute Gasteiger partial charge is 0.382 e. The van der Waals surface area contributed by atoms with Gasteiger partial charge >= 0.3 is 0 Å². The minimum Gasteiger partial charge on any atom is -0.382 e. The highest BCUT2D eigenvalue weighted by molar-refractivity contribution is 8.76. The highest BCUT2D eigenvalue weighted by Crippen LogP contribution is 2.23. The average Bonchev–Trinajstić information content (AvgIpc) is 2.26. The van der Waals surface area contributed by atoms with E-state index in [1.54, 1.807) is 0 Å². The Labute approximate surface area is 104 Å². The van der Waals surface area contributed by atoms with Crippen molar-refractivity contribution in [2.75, 3.05) is 24.7 Å². The van der Waals surface area contributed by atoms with Gasteiger partial charge in [0.1, 0.15) is 0 Å². The molecule has 0 radical (unpaired) electrons. The van der Waals surface area contributed by atoms with E-state index in [1.807, 2.05) is 21.6 Å². The maximum Gasteiger partial charge on any atom is 0.0466 e. The van der Waals surface area contributed by atoms with Gasteiger partial charge in [0.05, 0.1) is 0 Å². The van der Waals surface area contributed by atoms with Crippen LogP contribution in [0.15, 0.2) is 0 Å². The second-order valence-electron chi connectivity index (χ2n) is 3.61. The number of rotatable bonds is 12. The van der Waals surface area contributed by atoms with Crippen LogP contribution in [-0.4, -0.2) is 24.7 Å². The Morgan fingerprint density at radius 3 is 2.07 bits per heavy atom. The zero-order chi connectivity index (χ0) is 11.2. The minimum atomic E-state index is 0.860. The van der Waals surface area contributed by atoms with Crippen molar-refractivity contribution in [3.8, 4) is 0 Å². The molecule has 0 heterocycles. The van der Waals surface area contributed by atoms with Crippen molar-refractivity contribution in [1.82, 2.24) is 0 Å². The topological polar surface area (TPSA) is 9.23 Å². The van der Waals surface area contributed by atoms with Gasteiger partial charge in [0.2, 0.25) is 0 Å². The van der Waals surface area contributed by atoms with Crippen LogP contribution in [0, 0.1) is 0 Å². The molecule has 3 heteroatoms. The van der Waals surface area contributed by atoms with Crippen LogP contribution < -0.4 is 0 Å². The first-order chi connectivity index (χ1) is 7.41. The number of hydrogen-bond donors (Lipinski definition) is 0. The molecule has 0 fully saturated rings. The summed E-state index contributed by atoms with van der Waals surface area (Å²) in [5.41, 5.74) is 0. The summed E-state index contributed by atoms with van der Waals surface area (Å²) in [5.74, 6) is 2.61. The highest BCUT2D eigenvalue weighted by atomic mass is 33.1. The fourth-order valence-corrected chi connectivity index (χ4v) is 3.51. The highest BCUT2D eigenvalue weighted by Gasteiger charge is 1.92. The molecule has 0 aliphatic carbocycles. The van der Waals surface area contributed by atoms with Crippen LogP contribution in [0.25, 0.3) is 0 Å². The molecule has 0 saturated heterocycles. The van der Waals surface area contributed by atoms with Crippen molar-refractivity contribution in [3.63, 3.8) is 0 Å². The molecule has 15 heavy (non-hydrogen) atoms. The van der Waals surface area contributed by atoms with Crippen molar-refractivity contribution in [1.29, 1.82) is 0 Å². The van der Waals surface area contributed by atoms with Crippen LogP contribution in [0.3, 0.4) is 0 Å². The summed E-state index contributed by atoms with van der Waals surface area (Å²) in [6, 6.07) is 0. The van der Waals surface area contributed by atoms with Gasteiger partial charge in [-0.3, -0.25) is 0 Å². The quantitative estimate of drug-likeness (QED) is 0.365. The van der Waals surface area contributed by atoms with Crippen LogP contribution in [0.2, 0.25) is 0 Å². The van der Waals surface area contributed by atoms with Gasteiger partial charge in [-0.15, -0.1) is 0 Å². The monoisotopic (exact) mass is 250 g/mol. The van der Waals surface area contributed by atoms with Gasteiger partial charge in [0.15, 0.2) is 0 Å². The molecule has 0 saturated carbocycles. The van der Waals surface area contributed by atoms with E-state index in [2.05, 4.69) is 13.8 Å². The molecule has 1 nitrogen and oxygen atoms in total. The molecule has 0 aromatic heterocycles. The van der Waals surface area contributed by atoms with E-state index < -0.39 is 0 Å². The normalized spacial score (nSPS) is 10.8. The summed E-state index contributed by atoms with van der Waals surface area (Å²) in [7, 11) is 4.07. The van der Waals surface area contributed by atoms with Crippen LogP contribution >= 0.6 is 21.6 Å². The Kier molecular flexibility index (Phi) is 15.3. The standard InChI is InChI=1S/C12H26OS2/c1-3-5-6-8-11-14-15-12-9-7-10-13-4-2/h3-12H2,1-2H3. The van der Waals surface area contributed by atoms with E-state index in [-0.39, 0.29) is 0 Å². The molecule has 0 aromatic carbocycles. The van der Waals surface area contributed by atoms with Gasteiger partial charge < -0.3 is 4.74 Å². The second-order valence-corrected chi connectivity index (χ2v) is 6.31. The maximum atomic E-state index is 5.29. The first-order valence-electron chi connectivity index (χ1n) is 6.24. The number of ether oxygens (including phenoxy) is 1. The predicted octanol–water partition coefficient (Wildman–Crippen LogP) is 4.76. The van der Waals surface area contributed by atoms with Gasteiger partial charge in [-0.05, 0) is 26.2 Å². The van der Waals surface area contributed by atoms with Crippen LogP contribution in [-0.2, 0) is 4.74 Å². The first-order valence-corrected chi connectivity index (χ1v) is 8.72. The second kappa shape index (κ2) is 14.7. The predicted molar refractivity (Wildman–Crippen MR) is 74.8 cm³/mol. The maximum absolute atomic E-state index is 5.29. The first kappa shape index (κ1) is 15.7. The third-order valence-corrected chi connectivity index (χ3v) is 4.71. The van der Waals surface area contributed by atoms with Crippen molar-refractivity contribution in [2.24, 2.45) is 0 Å². The Hall–Kier alpha value is 0.660. The summed E-state index contributed by atoms with van der Waals surface area (Å²) in [6.07, 6.45) is 8.07. The van der Waals surface area contributed by atoms with E-state index in [0.29, 0.717) is 0 Å². The smallest absolute Gasteiger partial charge is 0.0466 e. The lowest BCUT2D eigenvalue weighted by molar-refractivity contribution is 0.144. The Balaban J connectivity index is 2.81. The summed E-state index contributed by atoms with van der Waals surface area (Å²) >= 11 is 0. The summed E-state index contributed by atoms with van der Waals surface area (Å²) in [5, 5.41) is 0. The fourth-order valence-electron chi connectivity index (χ4n) is 1.22. The Morgan fingerprint density at radius 2 is 1.47 bits per heavy atom. The molecular weight excluding hydrogens is 224 g/mol. The number of unbranched alkanes of at least 4 members (excludes halogenated alkanes) is 4. The molecule has 0 atom stereocenters. The van der Waals surface area contributed by atoms with Gasteiger partial charge in [0.25, 0.3) is 0 Å². The van der Waals surface area contributed by atoms with Gasteiger partial charge in [0, 0.05) is 24.7 Å². The lowest BCUT2D eigenvalue weighted by Gasteiger charge is -2.02. The van der Waals surface area contributed by atoms with E-state index in [1.165, 1.54) is 50.0 Å². The lowest BCUT2D eigenvalue weighted by atomic mass is 10.2. The van der Waals surface area contributed by atoms with Crippen LogP contribution in [0.4, 0.5) is 0 Å².